The predicted molar refractivity (Wildman–Crippen MR) is 41.0 cm³/mol. The highest BCUT2D eigenvalue weighted by molar-refractivity contribution is 5.78. The molecule has 0 aliphatic heterocycles. The van der Waals surface area contributed by atoms with E-state index in [-0.39, 0.29) is 6.10 Å². The van der Waals surface area contributed by atoms with Crippen molar-refractivity contribution < 1.29 is 9.53 Å². The summed E-state index contributed by atoms with van der Waals surface area (Å²) in [5, 5.41) is 0. The van der Waals surface area contributed by atoms with Gasteiger partial charge in [-0.2, -0.15) is 0 Å². The van der Waals surface area contributed by atoms with Crippen LogP contribution in [0.15, 0.2) is 0 Å². The van der Waals surface area contributed by atoms with E-state index in [0.29, 0.717) is 18.6 Å². The molecular weight excluding hydrogens is 128 g/mol. The average Bonchev–Trinajstić information content (AvgIpc) is 1.88. The van der Waals surface area contributed by atoms with Gasteiger partial charge in [-0.15, -0.1) is 0 Å². The number of carbonyl (C=O) groups excluding carboxylic acids is 1. The zero-order valence-electron chi connectivity index (χ0n) is 7.02. The Hall–Kier alpha value is -0.370. The number of ketones is 1. The Kier molecular flexibility index (Phi) is 5.22. The van der Waals surface area contributed by atoms with Gasteiger partial charge in [-0.25, -0.2) is 0 Å². The summed E-state index contributed by atoms with van der Waals surface area (Å²) in [5.41, 5.74) is 0. The molecule has 0 aliphatic carbocycles. The number of hydrogen-bond acceptors (Lipinski definition) is 2. The summed E-state index contributed by atoms with van der Waals surface area (Å²) in [6, 6.07) is 0. The molecule has 2 heteroatoms. The van der Waals surface area contributed by atoms with Gasteiger partial charge in [-0.05, 0) is 13.3 Å². The van der Waals surface area contributed by atoms with Crippen LogP contribution >= 0.6 is 0 Å². The van der Waals surface area contributed by atoms with Gasteiger partial charge >= 0.3 is 0 Å². The van der Waals surface area contributed by atoms with Crippen LogP contribution in [0.3, 0.4) is 0 Å². The topological polar surface area (TPSA) is 26.3 Å². The first-order valence-electron chi connectivity index (χ1n) is 3.75. The molecule has 60 valence electrons. The standard InChI is InChI=1S/C8H16O2/c1-4-5-8(9)6-7(2)10-3/h7H,4-6H2,1-3H3. The van der Waals surface area contributed by atoms with E-state index in [9.17, 15) is 4.79 Å². The molecule has 0 spiro atoms. The maximum atomic E-state index is 10.9. The van der Waals surface area contributed by atoms with Crippen molar-refractivity contribution >= 4 is 5.78 Å². The maximum absolute atomic E-state index is 10.9. The summed E-state index contributed by atoms with van der Waals surface area (Å²) in [4.78, 5) is 10.9. The van der Waals surface area contributed by atoms with Crippen LogP contribution in [0, 0.1) is 0 Å². The largest absolute Gasteiger partial charge is 0.381 e. The lowest BCUT2D eigenvalue weighted by molar-refractivity contribution is -0.121. The highest BCUT2D eigenvalue weighted by Crippen LogP contribution is 2.00. The van der Waals surface area contributed by atoms with Gasteiger partial charge in [0.2, 0.25) is 0 Å². The molecule has 0 rings (SSSR count). The van der Waals surface area contributed by atoms with Gasteiger partial charge in [0.25, 0.3) is 0 Å². The summed E-state index contributed by atoms with van der Waals surface area (Å²) in [6.45, 7) is 3.92. The minimum Gasteiger partial charge on any atom is -0.381 e. The Morgan fingerprint density at radius 3 is 2.60 bits per heavy atom. The van der Waals surface area contributed by atoms with Crippen molar-refractivity contribution in [2.24, 2.45) is 0 Å². The quantitative estimate of drug-likeness (QED) is 0.588. The third-order valence-electron chi connectivity index (χ3n) is 1.45. The summed E-state index contributed by atoms with van der Waals surface area (Å²) in [6.07, 6.45) is 2.27. The third kappa shape index (κ3) is 4.50. The van der Waals surface area contributed by atoms with Crippen molar-refractivity contribution in [2.45, 2.75) is 39.2 Å². The Morgan fingerprint density at radius 2 is 2.20 bits per heavy atom. The number of ether oxygens (including phenoxy) is 1. The van der Waals surface area contributed by atoms with E-state index < -0.39 is 0 Å². The van der Waals surface area contributed by atoms with E-state index in [0.717, 1.165) is 6.42 Å². The fourth-order valence-corrected chi connectivity index (χ4v) is 0.785. The van der Waals surface area contributed by atoms with E-state index in [4.69, 9.17) is 4.74 Å². The number of carbonyl (C=O) groups is 1. The van der Waals surface area contributed by atoms with Gasteiger partial charge in [-0.1, -0.05) is 6.92 Å². The smallest absolute Gasteiger partial charge is 0.135 e. The monoisotopic (exact) mass is 144 g/mol. The molecule has 0 aromatic rings. The molecule has 0 aromatic heterocycles. The lowest BCUT2D eigenvalue weighted by Gasteiger charge is -2.06. The molecule has 0 aromatic carbocycles. The maximum Gasteiger partial charge on any atom is 0.135 e. The zero-order chi connectivity index (χ0) is 7.98. The van der Waals surface area contributed by atoms with Gasteiger partial charge in [0.15, 0.2) is 0 Å². The van der Waals surface area contributed by atoms with Crippen LogP contribution in [0.2, 0.25) is 0 Å². The molecular formula is C8H16O2. The van der Waals surface area contributed by atoms with Crippen LogP contribution < -0.4 is 0 Å². The highest BCUT2D eigenvalue weighted by Gasteiger charge is 2.05. The normalized spacial score (nSPS) is 13.1. The average molecular weight is 144 g/mol. The molecule has 1 atom stereocenters. The highest BCUT2D eigenvalue weighted by atomic mass is 16.5. The van der Waals surface area contributed by atoms with Crippen LogP contribution in [-0.4, -0.2) is 19.0 Å². The summed E-state index contributed by atoms with van der Waals surface area (Å²) in [7, 11) is 1.63. The zero-order valence-corrected chi connectivity index (χ0v) is 7.02. The van der Waals surface area contributed by atoms with Crippen molar-refractivity contribution in [1.29, 1.82) is 0 Å². The molecule has 0 heterocycles. The molecule has 0 aliphatic rings. The molecule has 0 N–H and O–H groups in total. The van der Waals surface area contributed by atoms with Crippen LogP contribution in [0.5, 0.6) is 0 Å². The molecule has 2 nitrogen and oxygen atoms in total. The molecule has 0 amide bonds. The van der Waals surface area contributed by atoms with Gasteiger partial charge in [-0.3, -0.25) is 4.79 Å². The molecule has 0 bridgehead atoms. The molecule has 1 unspecified atom stereocenters. The molecule has 0 fully saturated rings. The van der Waals surface area contributed by atoms with E-state index in [1.807, 2.05) is 13.8 Å². The number of hydrogen-bond donors (Lipinski definition) is 0. The van der Waals surface area contributed by atoms with E-state index >= 15 is 0 Å². The van der Waals surface area contributed by atoms with Gasteiger partial charge < -0.3 is 4.74 Å². The fraction of sp³-hybridized carbons (Fsp3) is 0.875. The molecule has 0 radical (unpaired) electrons. The van der Waals surface area contributed by atoms with E-state index in [1.54, 1.807) is 7.11 Å². The van der Waals surface area contributed by atoms with Crippen molar-refractivity contribution in [1.82, 2.24) is 0 Å². The summed E-state index contributed by atoms with van der Waals surface area (Å²) < 4.78 is 4.95. The van der Waals surface area contributed by atoms with Crippen LogP contribution in [-0.2, 0) is 9.53 Å². The van der Waals surface area contributed by atoms with Crippen molar-refractivity contribution in [3.05, 3.63) is 0 Å². The van der Waals surface area contributed by atoms with Crippen molar-refractivity contribution in [3.8, 4) is 0 Å². The number of rotatable bonds is 5. The van der Waals surface area contributed by atoms with Crippen molar-refractivity contribution in [3.63, 3.8) is 0 Å². The summed E-state index contributed by atoms with van der Waals surface area (Å²) in [5.74, 6) is 0.303. The Labute approximate surface area is 62.6 Å². The Bertz CT molecular complexity index is 99.4. The first kappa shape index (κ1) is 9.63. The number of methoxy groups -OCH3 is 1. The second kappa shape index (κ2) is 5.42. The van der Waals surface area contributed by atoms with Gasteiger partial charge in [0.1, 0.15) is 5.78 Å². The minimum absolute atomic E-state index is 0.0825. The molecule has 0 saturated carbocycles. The minimum atomic E-state index is 0.0825. The van der Waals surface area contributed by atoms with E-state index in [1.165, 1.54) is 0 Å². The third-order valence-corrected chi connectivity index (χ3v) is 1.45. The second-order valence-electron chi connectivity index (χ2n) is 2.54. The predicted octanol–water partition coefficient (Wildman–Crippen LogP) is 1.78. The van der Waals surface area contributed by atoms with Crippen LogP contribution in [0.1, 0.15) is 33.1 Å². The lowest BCUT2D eigenvalue weighted by Crippen LogP contribution is -2.11. The van der Waals surface area contributed by atoms with Crippen LogP contribution in [0.4, 0.5) is 0 Å². The van der Waals surface area contributed by atoms with Crippen molar-refractivity contribution in [2.75, 3.05) is 7.11 Å². The van der Waals surface area contributed by atoms with Gasteiger partial charge in [0.05, 0.1) is 6.10 Å². The second-order valence-corrected chi connectivity index (χ2v) is 2.54. The number of Topliss-reactive ketones (excluding diaryl/α,β-unsaturated/α-hetero) is 1. The lowest BCUT2D eigenvalue weighted by atomic mass is 10.1. The first-order chi connectivity index (χ1) is 4.70. The molecule has 10 heavy (non-hydrogen) atoms. The van der Waals surface area contributed by atoms with E-state index in [2.05, 4.69) is 0 Å². The molecule has 0 saturated heterocycles. The summed E-state index contributed by atoms with van der Waals surface area (Å²) >= 11 is 0. The van der Waals surface area contributed by atoms with Crippen LogP contribution in [0.25, 0.3) is 0 Å². The SMILES string of the molecule is CCCC(=O)CC(C)OC. The van der Waals surface area contributed by atoms with Gasteiger partial charge in [0, 0.05) is 20.0 Å². The fourth-order valence-electron chi connectivity index (χ4n) is 0.785. The Balaban J connectivity index is 3.37. The first-order valence-corrected chi connectivity index (χ1v) is 3.75. The Morgan fingerprint density at radius 1 is 1.60 bits per heavy atom.